The fraction of sp³-hybridized carbons (Fsp3) is 0.280. The third kappa shape index (κ3) is 4.69. The summed E-state index contributed by atoms with van der Waals surface area (Å²) >= 11 is 0. The summed E-state index contributed by atoms with van der Waals surface area (Å²) in [6.07, 6.45) is 5.40. The van der Waals surface area contributed by atoms with E-state index in [1.165, 1.54) is 0 Å². The molecule has 1 unspecified atom stereocenters. The van der Waals surface area contributed by atoms with Gasteiger partial charge < -0.3 is 19.8 Å². The van der Waals surface area contributed by atoms with E-state index in [2.05, 4.69) is 25.2 Å². The molecular weight excluding hydrogens is 430 g/mol. The Balaban J connectivity index is 1.14. The lowest BCUT2D eigenvalue weighted by Crippen LogP contribution is -2.51. The molecule has 34 heavy (non-hydrogen) atoms. The second kappa shape index (κ2) is 9.48. The van der Waals surface area contributed by atoms with Gasteiger partial charge in [0.25, 0.3) is 5.56 Å². The van der Waals surface area contributed by atoms with Crippen molar-refractivity contribution >= 4 is 16.9 Å². The number of imidazole rings is 1. The van der Waals surface area contributed by atoms with E-state index in [4.69, 9.17) is 0 Å². The second-order valence-electron chi connectivity index (χ2n) is 8.53. The molecule has 1 aliphatic heterocycles. The molecule has 9 nitrogen and oxygen atoms in total. The van der Waals surface area contributed by atoms with Gasteiger partial charge in [-0.15, -0.1) is 0 Å². The molecule has 1 fully saturated rings. The van der Waals surface area contributed by atoms with Crippen LogP contribution in [0.4, 0.5) is 4.79 Å². The van der Waals surface area contributed by atoms with Crippen molar-refractivity contribution < 1.29 is 4.79 Å². The Morgan fingerprint density at radius 3 is 2.59 bits per heavy atom. The smallest absolute Gasteiger partial charge is 0.317 e. The maximum atomic E-state index is 12.8. The number of piperazine rings is 1. The Kier molecular flexibility index (Phi) is 6.09. The number of aromatic amines is 1. The molecule has 2 aromatic heterocycles. The first kappa shape index (κ1) is 21.8. The Labute approximate surface area is 197 Å². The Morgan fingerprint density at radius 1 is 1.09 bits per heavy atom. The number of nitrogens with zero attached hydrogens (tertiary/aromatic N) is 5. The average Bonchev–Trinajstić information content (AvgIpc) is 3.40. The van der Waals surface area contributed by atoms with E-state index in [0.717, 1.165) is 24.3 Å². The fourth-order valence-electron chi connectivity index (χ4n) is 4.24. The number of hydrogen-bond acceptors (Lipinski definition) is 5. The minimum Gasteiger partial charge on any atom is -0.331 e. The predicted octanol–water partition coefficient (Wildman–Crippen LogP) is 2.70. The first-order chi connectivity index (χ1) is 16.6. The first-order valence-electron chi connectivity index (χ1n) is 11.4. The van der Waals surface area contributed by atoms with Crippen LogP contribution in [0.15, 0.2) is 72.0 Å². The van der Waals surface area contributed by atoms with E-state index in [-0.39, 0.29) is 17.6 Å². The van der Waals surface area contributed by atoms with Crippen molar-refractivity contribution in [1.82, 2.24) is 34.6 Å². The number of amides is 2. The van der Waals surface area contributed by atoms with Gasteiger partial charge in [-0.2, -0.15) is 0 Å². The van der Waals surface area contributed by atoms with Crippen LogP contribution < -0.4 is 10.9 Å². The summed E-state index contributed by atoms with van der Waals surface area (Å²) in [5, 5.41) is 3.70. The molecule has 0 saturated carbocycles. The van der Waals surface area contributed by atoms with Crippen LogP contribution in [-0.4, -0.2) is 61.5 Å². The average molecular weight is 458 g/mol. The van der Waals surface area contributed by atoms with Crippen LogP contribution in [0.3, 0.4) is 0 Å². The zero-order valence-electron chi connectivity index (χ0n) is 19.0. The molecule has 0 aliphatic carbocycles. The number of hydrogen-bond donors (Lipinski definition) is 2. The van der Waals surface area contributed by atoms with Crippen LogP contribution in [0, 0.1) is 0 Å². The fourth-order valence-corrected chi connectivity index (χ4v) is 4.24. The topological polar surface area (TPSA) is 99.2 Å². The number of aromatic nitrogens is 4. The van der Waals surface area contributed by atoms with Crippen molar-refractivity contribution in [2.45, 2.75) is 19.5 Å². The molecule has 1 atom stereocenters. The number of nitrogens with one attached hydrogen (secondary N) is 2. The molecule has 1 saturated heterocycles. The molecule has 3 heterocycles. The Morgan fingerprint density at radius 2 is 1.85 bits per heavy atom. The number of H-pyrrole nitrogens is 1. The monoisotopic (exact) mass is 457 g/mol. The third-order valence-electron chi connectivity index (χ3n) is 6.23. The van der Waals surface area contributed by atoms with Gasteiger partial charge in [-0.25, -0.2) is 14.8 Å². The minimum absolute atomic E-state index is 0.0666. The maximum absolute atomic E-state index is 12.8. The van der Waals surface area contributed by atoms with Crippen LogP contribution in [0.2, 0.25) is 0 Å². The highest BCUT2D eigenvalue weighted by molar-refractivity contribution is 5.77. The zero-order valence-corrected chi connectivity index (χ0v) is 19.0. The van der Waals surface area contributed by atoms with Crippen LogP contribution in [0.1, 0.15) is 24.4 Å². The normalized spacial score (nSPS) is 15.4. The van der Waals surface area contributed by atoms with Gasteiger partial charge in [-0.1, -0.05) is 24.3 Å². The van der Waals surface area contributed by atoms with Gasteiger partial charge >= 0.3 is 6.03 Å². The van der Waals surface area contributed by atoms with E-state index >= 15 is 0 Å². The molecule has 2 amide bonds. The molecule has 0 radical (unpaired) electrons. The molecule has 5 rings (SSSR count). The highest BCUT2D eigenvalue weighted by Crippen LogP contribution is 2.17. The molecule has 4 aromatic rings. The number of benzene rings is 2. The summed E-state index contributed by atoms with van der Waals surface area (Å²) in [5.41, 5.74) is 2.65. The van der Waals surface area contributed by atoms with Crippen LogP contribution in [0.25, 0.3) is 16.6 Å². The van der Waals surface area contributed by atoms with Crippen molar-refractivity contribution in [3.8, 4) is 5.69 Å². The standard InChI is InChI=1S/C25H27N7O2/c1-18(19-6-8-20(9-7-19)32-11-10-26-17-32)27-25(34)31-14-12-30(13-15-31)16-23-28-22-5-3-2-4-21(22)24(33)29-23/h2-11,17-18H,12-16H2,1H3,(H,27,34)(H,28,29,33). The van der Waals surface area contributed by atoms with E-state index in [1.54, 1.807) is 18.6 Å². The third-order valence-corrected chi connectivity index (χ3v) is 6.23. The molecule has 0 bridgehead atoms. The van der Waals surface area contributed by atoms with E-state index in [0.29, 0.717) is 36.4 Å². The van der Waals surface area contributed by atoms with Crippen LogP contribution in [0.5, 0.6) is 0 Å². The summed E-state index contributed by atoms with van der Waals surface area (Å²) in [6.45, 7) is 5.22. The Hall–Kier alpha value is -3.98. The molecule has 174 valence electrons. The molecule has 1 aliphatic rings. The van der Waals surface area contributed by atoms with Gasteiger partial charge in [-0.3, -0.25) is 9.69 Å². The summed E-state index contributed by atoms with van der Waals surface area (Å²) in [7, 11) is 0. The van der Waals surface area contributed by atoms with Gasteiger partial charge in [0.15, 0.2) is 0 Å². The summed E-state index contributed by atoms with van der Waals surface area (Å²) in [4.78, 5) is 40.7. The van der Waals surface area contributed by atoms with Crippen molar-refractivity contribution in [3.05, 3.63) is 89.0 Å². The van der Waals surface area contributed by atoms with Crippen molar-refractivity contribution in [1.29, 1.82) is 0 Å². The molecular formula is C25H27N7O2. The van der Waals surface area contributed by atoms with E-state index < -0.39 is 0 Å². The minimum atomic E-state index is -0.120. The molecule has 0 spiro atoms. The molecule has 2 N–H and O–H groups in total. The molecule has 9 heteroatoms. The number of para-hydroxylation sites is 1. The van der Waals surface area contributed by atoms with Gasteiger partial charge in [0.05, 0.1) is 29.8 Å². The van der Waals surface area contributed by atoms with Crippen LogP contribution >= 0.6 is 0 Å². The number of carbonyl (C=O) groups excluding carboxylic acids is 1. The van der Waals surface area contributed by atoms with Crippen molar-refractivity contribution in [2.24, 2.45) is 0 Å². The van der Waals surface area contributed by atoms with Gasteiger partial charge in [-0.05, 0) is 36.8 Å². The number of urea groups is 1. The quantitative estimate of drug-likeness (QED) is 0.480. The Bertz CT molecular complexity index is 1320. The van der Waals surface area contributed by atoms with Crippen molar-refractivity contribution in [3.63, 3.8) is 0 Å². The van der Waals surface area contributed by atoms with E-state index in [1.807, 2.05) is 65.1 Å². The molecule has 2 aromatic carbocycles. The first-order valence-corrected chi connectivity index (χ1v) is 11.4. The largest absolute Gasteiger partial charge is 0.331 e. The van der Waals surface area contributed by atoms with Gasteiger partial charge in [0, 0.05) is 44.3 Å². The summed E-state index contributed by atoms with van der Waals surface area (Å²) < 4.78 is 1.94. The lowest BCUT2D eigenvalue weighted by atomic mass is 10.1. The lowest BCUT2D eigenvalue weighted by Gasteiger charge is -2.35. The predicted molar refractivity (Wildman–Crippen MR) is 130 cm³/mol. The van der Waals surface area contributed by atoms with E-state index in [9.17, 15) is 9.59 Å². The maximum Gasteiger partial charge on any atom is 0.317 e. The van der Waals surface area contributed by atoms with Crippen LogP contribution in [-0.2, 0) is 6.54 Å². The summed E-state index contributed by atoms with van der Waals surface area (Å²) in [6, 6.07) is 15.3. The second-order valence-corrected chi connectivity index (χ2v) is 8.53. The number of fused-ring (bicyclic) bond motifs is 1. The summed E-state index contributed by atoms with van der Waals surface area (Å²) in [5.74, 6) is 0.648. The van der Waals surface area contributed by atoms with Gasteiger partial charge in [0.1, 0.15) is 5.82 Å². The highest BCUT2D eigenvalue weighted by atomic mass is 16.2. The van der Waals surface area contributed by atoms with Crippen molar-refractivity contribution in [2.75, 3.05) is 26.2 Å². The lowest BCUT2D eigenvalue weighted by molar-refractivity contribution is 0.132. The SMILES string of the molecule is CC(NC(=O)N1CCN(Cc2nc3ccccc3c(=O)[nH]2)CC1)c1ccc(-n2ccnc2)cc1. The zero-order chi connectivity index (χ0) is 23.5. The highest BCUT2D eigenvalue weighted by Gasteiger charge is 2.23. The van der Waals surface area contributed by atoms with Gasteiger partial charge in [0.2, 0.25) is 0 Å². The number of carbonyl (C=O) groups is 1. The number of rotatable bonds is 5.